The summed E-state index contributed by atoms with van der Waals surface area (Å²) in [5, 5.41) is 3.02. The first-order valence-corrected chi connectivity index (χ1v) is 8.58. The number of rotatable bonds is 6. The molecular weight excluding hydrogens is 362 g/mol. The van der Waals surface area contributed by atoms with Gasteiger partial charge in [-0.05, 0) is 24.3 Å². The number of nitrogens with zero attached hydrogens (tertiary/aromatic N) is 1. The van der Waals surface area contributed by atoms with E-state index in [0.29, 0.717) is 12.5 Å². The first kappa shape index (κ1) is 17.9. The lowest BCUT2D eigenvalue weighted by Crippen LogP contribution is -2.21. The molecule has 3 rings (SSSR count). The number of ether oxygens (including phenoxy) is 1. The maximum absolute atomic E-state index is 13.4. The van der Waals surface area contributed by atoms with E-state index in [4.69, 9.17) is 4.74 Å². The minimum atomic E-state index is -0.902. The summed E-state index contributed by atoms with van der Waals surface area (Å²) < 4.78 is 32.1. The Balaban J connectivity index is 1.45. The Kier molecular flexibility index (Phi) is 5.52. The zero-order chi connectivity index (χ0) is 18.5. The van der Waals surface area contributed by atoms with E-state index in [1.807, 2.05) is 24.3 Å². The molecule has 0 aliphatic rings. The molecule has 1 heterocycles. The fourth-order valence-corrected chi connectivity index (χ4v) is 3.20. The van der Waals surface area contributed by atoms with Crippen molar-refractivity contribution in [2.24, 2.45) is 0 Å². The topological polar surface area (TPSA) is 68.3 Å². The Morgan fingerprint density at radius 2 is 1.96 bits per heavy atom. The van der Waals surface area contributed by atoms with Crippen molar-refractivity contribution < 1.29 is 23.1 Å². The van der Waals surface area contributed by atoms with Gasteiger partial charge in [-0.2, -0.15) is 0 Å². The van der Waals surface area contributed by atoms with Gasteiger partial charge < -0.3 is 10.1 Å². The number of esters is 1. The van der Waals surface area contributed by atoms with Crippen LogP contribution >= 0.6 is 11.3 Å². The molecule has 5 nitrogen and oxygen atoms in total. The van der Waals surface area contributed by atoms with Crippen molar-refractivity contribution in [2.45, 2.75) is 12.8 Å². The standard InChI is InChI=1S/C18H14F2N2O3S/c19-11-5-6-13(12(20)9-11)21-16(23)10-25-18(24)8-7-17-22-14-3-1-2-4-15(14)26-17/h1-6,9H,7-8,10H2,(H,21,23). The number of halogens is 2. The highest BCUT2D eigenvalue weighted by Gasteiger charge is 2.12. The van der Waals surface area contributed by atoms with Crippen molar-refractivity contribution in [3.63, 3.8) is 0 Å². The summed E-state index contributed by atoms with van der Waals surface area (Å²) in [5.41, 5.74) is 0.698. The highest BCUT2D eigenvalue weighted by Crippen LogP contribution is 2.22. The molecule has 0 atom stereocenters. The molecule has 134 valence electrons. The monoisotopic (exact) mass is 376 g/mol. The largest absolute Gasteiger partial charge is 0.456 e. The van der Waals surface area contributed by atoms with Crippen LogP contribution in [-0.4, -0.2) is 23.5 Å². The molecule has 0 spiro atoms. The number of nitrogens with one attached hydrogen (secondary N) is 1. The molecule has 1 aromatic heterocycles. The number of amides is 1. The molecule has 0 aliphatic carbocycles. The van der Waals surface area contributed by atoms with Crippen LogP contribution in [0.25, 0.3) is 10.2 Å². The Labute approximate surface area is 151 Å². The average molecular weight is 376 g/mol. The number of aromatic nitrogens is 1. The van der Waals surface area contributed by atoms with Gasteiger partial charge in [0.1, 0.15) is 11.6 Å². The van der Waals surface area contributed by atoms with Crippen LogP contribution in [0.2, 0.25) is 0 Å². The highest BCUT2D eigenvalue weighted by molar-refractivity contribution is 7.18. The number of fused-ring (bicyclic) bond motifs is 1. The molecule has 0 fully saturated rings. The molecule has 1 N–H and O–H groups in total. The fraction of sp³-hybridized carbons (Fsp3) is 0.167. The number of anilines is 1. The number of benzene rings is 2. The van der Waals surface area contributed by atoms with E-state index in [0.717, 1.165) is 27.4 Å². The number of aryl methyl sites for hydroxylation is 1. The van der Waals surface area contributed by atoms with Gasteiger partial charge in [0.2, 0.25) is 0 Å². The summed E-state index contributed by atoms with van der Waals surface area (Å²) in [5.74, 6) is -2.91. The van der Waals surface area contributed by atoms with Gasteiger partial charge in [0.05, 0.1) is 27.3 Å². The van der Waals surface area contributed by atoms with E-state index in [2.05, 4.69) is 10.3 Å². The quantitative estimate of drug-likeness (QED) is 0.666. The number of thiazole rings is 1. The second-order valence-electron chi connectivity index (χ2n) is 5.41. The summed E-state index contributed by atoms with van der Waals surface area (Å²) in [6, 6.07) is 10.4. The van der Waals surface area contributed by atoms with Gasteiger partial charge in [-0.15, -0.1) is 11.3 Å². The van der Waals surface area contributed by atoms with Gasteiger partial charge in [-0.3, -0.25) is 9.59 Å². The molecule has 26 heavy (non-hydrogen) atoms. The predicted octanol–water partition coefficient (Wildman–Crippen LogP) is 3.69. The minimum absolute atomic E-state index is 0.0814. The summed E-state index contributed by atoms with van der Waals surface area (Å²) >= 11 is 1.50. The Morgan fingerprint density at radius 1 is 1.15 bits per heavy atom. The molecule has 0 aliphatic heterocycles. The lowest BCUT2D eigenvalue weighted by Gasteiger charge is -2.07. The van der Waals surface area contributed by atoms with E-state index in [1.54, 1.807) is 0 Å². The lowest BCUT2D eigenvalue weighted by atomic mass is 10.3. The van der Waals surface area contributed by atoms with Crippen molar-refractivity contribution in [3.8, 4) is 0 Å². The molecule has 2 aromatic carbocycles. The molecule has 3 aromatic rings. The predicted molar refractivity (Wildman–Crippen MR) is 93.9 cm³/mol. The molecule has 0 saturated carbocycles. The third-order valence-electron chi connectivity index (χ3n) is 3.45. The highest BCUT2D eigenvalue weighted by atomic mass is 32.1. The molecule has 0 unspecified atom stereocenters. The van der Waals surface area contributed by atoms with Gasteiger partial charge in [0.15, 0.2) is 6.61 Å². The van der Waals surface area contributed by atoms with Crippen molar-refractivity contribution in [3.05, 3.63) is 59.1 Å². The number of hydrogen-bond donors (Lipinski definition) is 1. The van der Waals surface area contributed by atoms with Crippen molar-refractivity contribution >= 4 is 39.1 Å². The minimum Gasteiger partial charge on any atom is -0.456 e. The maximum atomic E-state index is 13.4. The molecule has 1 amide bonds. The number of carbonyl (C=O) groups is 2. The van der Waals surface area contributed by atoms with Crippen molar-refractivity contribution in [1.29, 1.82) is 0 Å². The molecule has 0 bridgehead atoms. The van der Waals surface area contributed by atoms with Crippen molar-refractivity contribution in [1.82, 2.24) is 4.98 Å². The summed E-state index contributed by atoms with van der Waals surface area (Å²) in [6.45, 7) is -0.546. The lowest BCUT2D eigenvalue weighted by molar-refractivity contribution is -0.147. The van der Waals surface area contributed by atoms with Gasteiger partial charge in [-0.25, -0.2) is 13.8 Å². The van der Waals surface area contributed by atoms with Crippen LogP contribution in [0.15, 0.2) is 42.5 Å². The first-order valence-electron chi connectivity index (χ1n) is 7.76. The normalized spacial score (nSPS) is 10.7. The van der Waals surface area contributed by atoms with E-state index in [-0.39, 0.29) is 12.1 Å². The summed E-state index contributed by atoms with van der Waals surface area (Å²) in [4.78, 5) is 27.8. The van der Waals surface area contributed by atoms with Crippen molar-refractivity contribution in [2.75, 3.05) is 11.9 Å². The zero-order valence-corrected chi connectivity index (χ0v) is 14.3. The number of hydrogen-bond acceptors (Lipinski definition) is 5. The van der Waals surface area contributed by atoms with Crippen LogP contribution in [0, 0.1) is 11.6 Å². The van der Waals surface area contributed by atoms with Crippen LogP contribution in [0.3, 0.4) is 0 Å². The molecule has 0 saturated heterocycles. The van der Waals surface area contributed by atoms with Crippen LogP contribution < -0.4 is 5.32 Å². The third-order valence-corrected chi connectivity index (χ3v) is 4.55. The van der Waals surface area contributed by atoms with Crippen LogP contribution in [-0.2, 0) is 20.7 Å². The third kappa shape index (κ3) is 4.60. The fourth-order valence-electron chi connectivity index (χ4n) is 2.23. The second kappa shape index (κ2) is 8.01. The maximum Gasteiger partial charge on any atom is 0.306 e. The van der Waals surface area contributed by atoms with E-state index >= 15 is 0 Å². The van der Waals surface area contributed by atoms with Gasteiger partial charge >= 0.3 is 5.97 Å². The molecular formula is C18H14F2N2O3S. The second-order valence-corrected chi connectivity index (χ2v) is 6.52. The summed E-state index contributed by atoms with van der Waals surface area (Å²) in [6.07, 6.45) is 0.490. The van der Waals surface area contributed by atoms with Gasteiger partial charge in [0, 0.05) is 12.5 Å². The summed E-state index contributed by atoms with van der Waals surface area (Å²) in [7, 11) is 0. The van der Waals surface area contributed by atoms with Gasteiger partial charge in [0.25, 0.3) is 5.91 Å². The van der Waals surface area contributed by atoms with Crippen LogP contribution in [0.1, 0.15) is 11.4 Å². The Morgan fingerprint density at radius 3 is 2.73 bits per heavy atom. The number of para-hydroxylation sites is 1. The zero-order valence-electron chi connectivity index (χ0n) is 13.5. The average Bonchev–Trinajstić information content (AvgIpc) is 3.03. The Hall–Kier alpha value is -2.87. The van der Waals surface area contributed by atoms with E-state index in [9.17, 15) is 18.4 Å². The van der Waals surface area contributed by atoms with Crippen LogP contribution in [0.4, 0.5) is 14.5 Å². The van der Waals surface area contributed by atoms with Gasteiger partial charge in [-0.1, -0.05) is 12.1 Å². The van der Waals surface area contributed by atoms with E-state index < -0.39 is 30.1 Å². The Bertz CT molecular complexity index is 926. The van der Waals surface area contributed by atoms with E-state index in [1.165, 1.54) is 11.3 Å². The first-order chi connectivity index (χ1) is 12.5. The SMILES string of the molecule is O=C(COC(=O)CCc1nc2ccccc2s1)Nc1ccc(F)cc1F. The van der Waals surface area contributed by atoms with Crippen LogP contribution in [0.5, 0.6) is 0 Å². The molecule has 8 heteroatoms. The number of carbonyl (C=O) groups excluding carboxylic acids is 2. The molecule has 0 radical (unpaired) electrons. The smallest absolute Gasteiger partial charge is 0.306 e.